The number of hydrogen-bond donors (Lipinski definition) is 3. The second-order valence-electron chi connectivity index (χ2n) is 4.95. The number of carbonyl (C=O) groups is 1. The van der Waals surface area contributed by atoms with Crippen molar-refractivity contribution in [3.05, 3.63) is 24.3 Å². The summed E-state index contributed by atoms with van der Waals surface area (Å²) in [5, 5.41) is 9.55. The molecule has 110 valence electrons. The second-order valence-corrected chi connectivity index (χ2v) is 4.95. The molecular weight excluding hydrogens is 270 g/mol. The van der Waals surface area contributed by atoms with Crippen LogP contribution in [0.25, 0.3) is 0 Å². The molecule has 0 spiro atoms. The van der Waals surface area contributed by atoms with E-state index in [1.165, 1.54) is 6.42 Å². The summed E-state index contributed by atoms with van der Waals surface area (Å²) in [5.74, 6) is 0.497. The summed E-state index contributed by atoms with van der Waals surface area (Å²) in [6.45, 7) is 1.91. The zero-order valence-corrected chi connectivity index (χ0v) is 11.5. The van der Waals surface area contributed by atoms with Gasteiger partial charge in [0.05, 0.1) is 18.1 Å². The maximum atomic E-state index is 11.5. The fourth-order valence-electron chi connectivity index (χ4n) is 2.38. The monoisotopic (exact) mass is 287 g/mol. The molecule has 1 saturated heterocycles. The molecule has 8 nitrogen and oxygen atoms in total. The van der Waals surface area contributed by atoms with Gasteiger partial charge in [-0.25, -0.2) is 9.97 Å². The fourth-order valence-corrected chi connectivity index (χ4v) is 2.38. The zero-order valence-electron chi connectivity index (χ0n) is 11.5. The van der Waals surface area contributed by atoms with Crippen molar-refractivity contribution in [1.82, 2.24) is 20.2 Å². The molecule has 0 bridgehead atoms. The predicted molar refractivity (Wildman–Crippen MR) is 78.5 cm³/mol. The lowest BCUT2D eigenvalue weighted by atomic mass is 10.1. The van der Waals surface area contributed by atoms with Crippen molar-refractivity contribution < 1.29 is 4.79 Å². The first kappa shape index (κ1) is 13.3. The molecule has 2 aromatic heterocycles. The molecule has 0 atom stereocenters. The van der Waals surface area contributed by atoms with Crippen LogP contribution in [0.4, 0.5) is 17.3 Å². The number of hydrogen-bond acceptors (Lipinski definition) is 6. The van der Waals surface area contributed by atoms with E-state index in [-0.39, 0.29) is 5.69 Å². The lowest BCUT2D eigenvalue weighted by Crippen LogP contribution is -2.30. The summed E-state index contributed by atoms with van der Waals surface area (Å²) in [7, 11) is 0. The lowest BCUT2D eigenvalue weighted by Gasteiger charge is -2.27. The standard InChI is InChI=1S/C13H17N7O/c14-12(21)11-13(18-9-6-16-17-7-9)19-10(8-15-11)20-4-2-1-3-5-20/h6-8H,1-5H2,(H2,14,21)(H,16,17)(H,18,19). The highest BCUT2D eigenvalue weighted by molar-refractivity contribution is 5.96. The minimum absolute atomic E-state index is 0.122. The van der Waals surface area contributed by atoms with Gasteiger partial charge in [0.1, 0.15) is 5.82 Å². The first-order valence-corrected chi connectivity index (χ1v) is 6.91. The Morgan fingerprint density at radius 3 is 2.76 bits per heavy atom. The Hall–Kier alpha value is -2.64. The first-order valence-electron chi connectivity index (χ1n) is 6.91. The van der Waals surface area contributed by atoms with Crippen LogP contribution in [-0.4, -0.2) is 39.2 Å². The van der Waals surface area contributed by atoms with E-state index in [4.69, 9.17) is 5.73 Å². The highest BCUT2D eigenvalue weighted by atomic mass is 16.1. The summed E-state index contributed by atoms with van der Waals surface area (Å²) in [4.78, 5) is 22.3. The summed E-state index contributed by atoms with van der Waals surface area (Å²) in [6, 6.07) is 0. The number of aromatic amines is 1. The normalized spacial score (nSPS) is 15.0. The maximum Gasteiger partial charge on any atom is 0.271 e. The van der Waals surface area contributed by atoms with Gasteiger partial charge in [-0.1, -0.05) is 0 Å². The van der Waals surface area contributed by atoms with Gasteiger partial charge in [0.25, 0.3) is 5.91 Å². The molecule has 3 rings (SSSR count). The minimum atomic E-state index is -0.612. The van der Waals surface area contributed by atoms with Crippen LogP contribution >= 0.6 is 0 Å². The number of primary amides is 1. The number of amides is 1. The molecular formula is C13H17N7O. The number of H-pyrrole nitrogens is 1. The van der Waals surface area contributed by atoms with Crippen LogP contribution in [0.1, 0.15) is 29.8 Å². The Balaban J connectivity index is 1.91. The van der Waals surface area contributed by atoms with Gasteiger partial charge in [-0.3, -0.25) is 9.89 Å². The van der Waals surface area contributed by atoms with E-state index in [9.17, 15) is 4.79 Å². The van der Waals surface area contributed by atoms with E-state index in [0.29, 0.717) is 11.5 Å². The molecule has 21 heavy (non-hydrogen) atoms. The van der Waals surface area contributed by atoms with Crippen molar-refractivity contribution in [2.75, 3.05) is 23.3 Å². The molecule has 1 fully saturated rings. The number of aromatic nitrogens is 4. The number of piperidine rings is 1. The molecule has 0 aliphatic carbocycles. The van der Waals surface area contributed by atoms with Crippen LogP contribution in [0.5, 0.6) is 0 Å². The molecule has 0 radical (unpaired) electrons. The maximum absolute atomic E-state index is 11.5. The molecule has 1 aliphatic heterocycles. The summed E-state index contributed by atoms with van der Waals surface area (Å²) >= 11 is 0. The van der Waals surface area contributed by atoms with Gasteiger partial charge >= 0.3 is 0 Å². The number of carbonyl (C=O) groups excluding carboxylic acids is 1. The molecule has 8 heteroatoms. The smallest absolute Gasteiger partial charge is 0.271 e. The largest absolute Gasteiger partial charge is 0.364 e. The number of anilines is 3. The van der Waals surface area contributed by atoms with E-state index in [0.717, 1.165) is 31.7 Å². The topological polar surface area (TPSA) is 113 Å². The van der Waals surface area contributed by atoms with Gasteiger partial charge < -0.3 is 16.0 Å². The Bertz CT molecular complexity index is 619. The van der Waals surface area contributed by atoms with Crippen LogP contribution in [0.15, 0.2) is 18.6 Å². The fraction of sp³-hybridized carbons (Fsp3) is 0.385. The average molecular weight is 287 g/mol. The molecule has 1 aliphatic rings. The number of nitrogens with two attached hydrogens (primary N) is 1. The Labute approximate surface area is 121 Å². The molecule has 0 unspecified atom stereocenters. The molecule has 4 N–H and O–H groups in total. The third-order valence-corrected chi connectivity index (χ3v) is 3.43. The SMILES string of the molecule is NC(=O)c1ncc(N2CCCCC2)nc1Nc1cn[nH]c1. The van der Waals surface area contributed by atoms with Gasteiger partial charge in [-0.2, -0.15) is 5.10 Å². The minimum Gasteiger partial charge on any atom is -0.364 e. The Morgan fingerprint density at radius 1 is 1.29 bits per heavy atom. The average Bonchev–Trinajstić information content (AvgIpc) is 3.01. The quantitative estimate of drug-likeness (QED) is 0.774. The first-order chi connectivity index (χ1) is 10.2. The molecule has 0 aromatic carbocycles. The van der Waals surface area contributed by atoms with Crippen LogP contribution in [0.3, 0.4) is 0 Å². The number of nitrogens with one attached hydrogen (secondary N) is 2. The molecule has 1 amide bonds. The second kappa shape index (κ2) is 5.78. The summed E-state index contributed by atoms with van der Waals surface area (Å²) in [5.41, 5.74) is 6.17. The van der Waals surface area contributed by atoms with Crippen molar-refractivity contribution in [2.24, 2.45) is 5.73 Å². The van der Waals surface area contributed by atoms with Crippen molar-refractivity contribution >= 4 is 23.2 Å². The third-order valence-electron chi connectivity index (χ3n) is 3.43. The van der Waals surface area contributed by atoms with Crippen LogP contribution in [-0.2, 0) is 0 Å². The van der Waals surface area contributed by atoms with Crippen molar-refractivity contribution in [3.63, 3.8) is 0 Å². The number of nitrogens with zero attached hydrogens (tertiary/aromatic N) is 4. The van der Waals surface area contributed by atoms with Crippen molar-refractivity contribution in [3.8, 4) is 0 Å². The number of rotatable bonds is 4. The van der Waals surface area contributed by atoms with Crippen LogP contribution in [0.2, 0.25) is 0 Å². The highest BCUT2D eigenvalue weighted by Crippen LogP contribution is 2.22. The Kier molecular flexibility index (Phi) is 3.67. The van der Waals surface area contributed by atoms with E-state index in [1.807, 2.05) is 0 Å². The van der Waals surface area contributed by atoms with Gasteiger partial charge in [-0.15, -0.1) is 0 Å². The molecule has 0 saturated carbocycles. The van der Waals surface area contributed by atoms with E-state index >= 15 is 0 Å². The third kappa shape index (κ3) is 2.93. The predicted octanol–water partition coefficient (Wildman–Crippen LogP) is 1.03. The van der Waals surface area contributed by atoms with Gasteiger partial charge in [0, 0.05) is 19.3 Å². The van der Waals surface area contributed by atoms with Crippen LogP contribution in [0, 0.1) is 0 Å². The van der Waals surface area contributed by atoms with E-state index in [2.05, 4.69) is 30.4 Å². The van der Waals surface area contributed by atoms with E-state index in [1.54, 1.807) is 18.6 Å². The Morgan fingerprint density at radius 2 is 2.10 bits per heavy atom. The summed E-state index contributed by atoms with van der Waals surface area (Å²) in [6.07, 6.45) is 8.39. The van der Waals surface area contributed by atoms with Crippen molar-refractivity contribution in [2.45, 2.75) is 19.3 Å². The summed E-state index contributed by atoms with van der Waals surface area (Å²) < 4.78 is 0. The van der Waals surface area contributed by atoms with E-state index < -0.39 is 5.91 Å². The van der Waals surface area contributed by atoms with Gasteiger partial charge in [0.2, 0.25) is 0 Å². The molecule has 2 aromatic rings. The lowest BCUT2D eigenvalue weighted by molar-refractivity contribution is 0.0996. The molecule has 3 heterocycles. The van der Waals surface area contributed by atoms with Crippen molar-refractivity contribution in [1.29, 1.82) is 0 Å². The van der Waals surface area contributed by atoms with Gasteiger partial charge in [0.15, 0.2) is 11.5 Å². The zero-order chi connectivity index (χ0) is 14.7. The van der Waals surface area contributed by atoms with Gasteiger partial charge in [-0.05, 0) is 19.3 Å². The van der Waals surface area contributed by atoms with Crippen LogP contribution < -0.4 is 16.0 Å². The highest BCUT2D eigenvalue weighted by Gasteiger charge is 2.17.